The zero-order valence-corrected chi connectivity index (χ0v) is 18.9. The Hall–Kier alpha value is -3.72. The lowest BCUT2D eigenvalue weighted by Gasteiger charge is -2.30. The van der Waals surface area contributed by atoms with Gasteiger partial charge in [-0.2, -0.15) is 0 Å². The van der Waals surface area contributed by atoms with Crippen LogP contribution in [0, 0.1) is 10.1 Å². The van der Waals surface area contributed by atoms with Gasteiger partial charge in [-0.25, -0.2) is 0 Å². The molecule has 2 aliphatic heterocycles. The number of nitrogens with zero attached hydrogens (tertiary/aromatic N) is 4. The zero-order chi connectivity index (χ0) is 23.5. The maximum absolute atomic E-state index is 13.3. The summed E-state index contributed by atoms with van der Waals surface area (Å²) in [6, 6.07) is 10.5. The Morgan fingerprint density at radius 1 is 0.971 bits per heavy atom. The summed E-state index contributed by atoms with van der Waals surface area (Å²) in [6.45, 7) is 4.52. The molecule has 1 amide bonds. The summed E-state index contributed by atoms with van der Waals surface area (Å²) in [5.41, 5.74) is 2.29. The van der Waals surface area contributed by atoms with E-state index < -0.39 is 10.8 Å². The third-order valence-electron chi connectivity index (χ3n) is 6.54. The third kappa shape index (κ3) is 4.38. The van der Waals surface area contributed by atoms with Gasteiger partial charge in [0.05, 0.1) is 23.8 Å². The fraction of sp³-hybridized carbons (Fsp3) is 0.360. The molecular formula is C25H27N5O4. The van der Waals surface area contributed by atoms with E-state index in [-0.39, 0.29) is 11.3 Å². The van der Waals surface area contributed by atoms with E-state index in [1.165, 1.54) is 12.5 Å². The Morgan fingerprint density at radius 2 is 1.76 bits per heavy atom. The van der Waals surface area contributed by atoms with Crippen LogP contribution in [0.15, 0.2) is 48.8 Å². The summed E-state index contributed by atoms with van der Waals surface area (Å²) in [5, 5.41) is 16.4. The van der Waals surface area contributed by atoms with Crippen LogP contribution >= 0.6 is 0 Å². The lowest BCUT2D eigenvalue weighted by Crippen LogP contribution is -2.36. The number of aromatic nitrogens is 1. The molecule has 0 saturated carbocycles. The van der Waals surface area contributed by atoms with E-state index in [1.807, 2.05) is 18.2 Å². The number of morpholine rings is 1. The summed E-state index contributed by atoms with van der Waals surface area (Å²) < 4.78 is 5.40. The monoisotopic (exact) mass is 461 g/mol. The molecule has 5 rings (SSSR count). The Bertz CT molecular complexity index is 1220. The van der Waals surface area contributed by atoms with E-state index in [4.69, 9.17) is 4.74 Å². The van der Waals surface area contributed by atoms with Crippen molar-refractivity contribution in [2.75, 3.05) is 54.5 Å². The van der Waals surface area contributed by atoms with E-state index in [0.29, 0.717) is 32.0 Å². The predicted molar refractivity (Wildman–Crippen MR) is 132 cm³/mol. The standard InChI is InChI=1S/C25H27N5O4/c31-25(20-16-18(4-6-24(20)30(32)33)28-12-14-34-15-13-28)27-22-5-7-23(29-10-2-1-3-11-29)19-8-9-26-17-21(19)22/h4-9,16-17H,1-3,10-15H2,(H,27,31). The van der Waals surface area contributed by atoms with Gasteiger partial charge in [-0.05, 0) is 49.6 Å². The van der Waals surface area contributed by atoms with E-state index in [9.17, 15) is 14.9 Å². The van der Waals surface area contributed by atoms with Crippen LogP contribution in [0.4, 0.5) is 22.7 Å². The number of piperidine rings is 1. The molecule has 2 aliphatic rings. The van der Waals surface area contributed by atoms with Crippen molar-refractivity contribution in [3.8, 4) is 0 Å². The molecule has 2 saturated heterocycles. The number of nitro groups is 1. The summed E-state index contributed by atoms with van der Waals surface area (Å²) in [4.78, 5) is 33.2. The largest absolute Gasteiger partial charge is 0.378 e. The number of hydrogen-bond acceptors (Lipinski definition) is 7. The second-order valence-electron chi connectivity index (χ2n) is 8.61. The number of ether oxygens (including phenoxy) is 1. The van der Waals surface area contributed by atoms with Crippen LogP contribution in [0.5, 0.6) is 0 Å². The summed E-state index contributed by atoms with van der Waals surface area (Å²) in [5.74, 6) is -0.516. The van der Waals surface area contributed by atoms with E-state index in [0.717, 1.165) is 48.1 Å². The first-order valence-electron chi connectivity index (χ1n) is 11.7. The molecule has 9 heteroatoms. The van der Waals surface area contributed by atoms with Crippen molar-refractivity contribution in [3.05, 3.63) is 64.5 Å². The van der Waals surface area contributed by atoms with Crippen molar-refractivity contribution in [3.63, 3.8) is 0 Å². The minimum Gasteiger partial charge on any atom is -0.378 e. The predicted octanol–water partition coefficient (Wildman–Crippen LogP) is 4.22. The first-order chi connectivity index (χ1) is 16.6. The quantitative estimate of drug-likeness (QED) is 0.448. The molecule has 2 aromatic carbocycles. The van der Waals surface area contributed by atoms with Crippen LogP contribution in [0.3, 0.4) is 0 Å². The average Bonchev–Trinajstić information content (AvgIpc) is 2.89. The first kappa shape index (κ1) is 22.1. The molecule has 0 radical (unpaired) electrons. The molecule has 1 N–H and O–H groups in total. The highest BCUT2D eigenvalue weighted by Gasteiger charge is 2.24. The number of carbonyl (C=O) groups is 1. The van der Waals surface area contributed by atoms with Gasteiger partial charge < -0.3 is 19.9 Å². The number of amides is 1. The molecule has 2 fully saturated rings. The number of carbonyl (C=O) groups excluding carboxylic acids is 1. The van der Waals surface area contributed by atoms with Gasteiger partial charge in [0.25, 0.3) is 11.6 Å². The van der Waals surface area contributed by atoms with Crippen LogP contribution in [-0.4, -0.2) is 55.2 Å². The van der Waals surface area contributed by atoms with Gasteiger partial charge >= 0.3 is 0 Å². The second-order valence-corrected chi connectivity index (χ2v) is 8.61. The fourth-order valence-corrected chi connectivity index (χ4v) is 4.77. The summed E-state index contributed by atoms with van der Waals surface area (Å²) in [6.07, 6.45) is 7.05. The molecule has 0 aliphatic carbocycles. The van der Waals surface area contributed by atoms with Crippen LogP contribution in [0.25, 0.3) is 10.8 Å². The van der Waals surface area contributed by atoms with Crippen molar-refractivity contribution in [1.29, 1.82) is 0 Å². The topological polar surface area (TPSA) is 101 Å². The summed E-state index contributed by atoms with van der Waals surface area (Å²) >= 11 is 0. The summed E-state index contributed by atoms with van der Waals surface area (Å²) in [7, 11) is 0. The fourth-order valence-electron chi connectivity index (χ4n) is 4.77. The highest BCUT2D eigenvalue weighted by Crippen LogP contribution is 2.34. The van der Waals surface area contributed by atoms with Crippen LogP contribution in [0.1, 0.15) is 29.6 Å². The molecular weight excluding hydrogens is 434 g/mol. The molecule has 0 unspecified atom stereocenters. The molecule has 34 heavy (non-hydrogen) atoms. The molecule has 9 nitrogen and oxygen atoms in total. The van der Waals surface area contributed by atoms with Crippen LogP contribution < -0.4 is 15.1 Å². The third-order valence-corrected chi connectivity index (χ3v) is 6.54. The number of anilines is 3. The van der Waals surface area contributed by atoms with Crippen molar-refractivity contribution in [2.24, 2.45) is 0 Å². The van der Waals surface area contributed by atoms with Crippen LogP contribution in [-0.2, 0) is 4.74 Å². The van der Waals surface area contributed by atoms with Crippen molar-refractivity contribution < 1.29 is 14.5 Å². The van der Waals surface area contributed by atoms with Gasteiger partial charge in [-0.3, -0.25) is 19.9 Å². The molecule has 0 atom stereocenters. The van der Waals surface area contributed by atoms with Crippen molar-refractivity contribution >= 4 is 39.4 Å². The van der Waals surface area contributed by atoms with E-state index in [1.54, 1.807) is 24.5 Å². The Morgan fingerprint density at radius 3 is 2.53 bits per heavy atom. The van der Waals surface area contributed by atoms with E-state index in [2.05, 4.69) is 20.1 Å². The molecule has 0 spiro atoms. The minimum atomic E-state index is -0.517. The molecule has 3 aromatic rings. The van der Waals surface area contributed by atoms with Crippen molar-refractivity contribution in [2.45, 2.75) is 19.3 Å². The van der Waals surface area contributed by atoms with Gasteiger partial charge in [0.15, 0.2) is 0 Å². The van der Waals surface area contributed by atoms with Gasteiger partial charge in [-0.1, -0.05) is 0 Å². The van der Waals surface area contributed by atoms with Gasteiger partial charge in [0.2, 0.25) is 0 Å². The van der Waals surface area contributed by atoms with Crippen LogP contribution in [0.2, 0.25) is 0 Å². The Balaban J connectivity index is 1.48. The molecule has 0 bridgehead atoms. The van der Waals surface area contributed by atoms with Crippen molar-refractivity contribution in [1.82, 2.24) is 4.98 Å². The zero-order valence-electron chi connectivity index (χ0n) is 18.9. The molecule has 3 heterocycles. The SMILES string of the molecule is O=C(Nc1ccc(N2CCCCC2)c2ccncc12)c1cc(N2CCOCC2)ccc1[N+](=O)[O-]. The number of pyridine rings is 1. The number of rotatable bonds is 5. The number of hydrogen-bond donors (Lipinski definition) is 1. The number of fused-ring (bicyclic) bond motifs is 1. The lowest BCUT2D eigenvalue weighted by atomic mass is 10.0. The normalized spacial score (nSPS) is 16.5. The number of benzene rings is 2. The second kappa shape index (κ2) is 9.64. The maximum Gasteiger partial charge on any atom is 0.282 e. The highest BCUT2D eigenvalue weighted by atomic mass is 16.6. The van der Waals surface area contributed by atoms with Gasteiger partial charge in [0, 0.05) is 66.8 Å². The van der Waals surface area contributed by atoms with E-state index >= 15 is 0 Å². The smallest absolute Gasteiger partial charge is 0.282 e. The molecule has 1 aromatic heterocycles. The maximum atomic E-state index is 13.3. The van der Waals surface area contributed by atoms with Gasteiger partial charge in [-0.15, -0.1) is 0 Å². The Kier molecular flexibility index (Phi) is 6.27. The first-order valence-corrected chi connectivity index (χ1v) is 11.7. The highest BCUT2D eigenvalue weighted by molar-refractivity contribution is 6.13. The van der Waals surface area contributed by atoms with Gasteiger partial charge in [0.1, 0.15) is 5.56 Å². The Labute approximate surface area is 197 Å². The minimum absolute atomic E-state index is 0.0335. The average molecular weight is 462 g/mol. The lowest BCUT2D eigenvalue weighted by molar-refractivity contribution is -0.385. The molecule has 176 valence electrons. The number of nitrogens with one attached hydrogen (secondary N) is 1. The number of nitro benzene ring substituents is 1.